The lowest BCUT2D eigenvalue weighted by Gasteiger charge is -2.30. The van der Waals surface area contributed by atoms with Gasteiger partial charge in [0.1, 0.15) is 0 Å². The number of carbonyl (C=O) groups is 1. The number of carbonyl (C=O) groups excluding carboxylic acids is 1. The molecule has 4 heteroatoms. The predicted molar refractivity (Wildman–Crippen MR) is 128 cm³/mol. The van der Waals surface area contributed by atoms with E-state index in [1.807, 2.05) is 53.5 Å². The number of thioether (sulfide) groups is 1. The Kier molecular flexibility index (Phi) is 6.85. The largest absolute Gasteiger partial charge is 0.283 e. The third kappa shape index (κ3) is 4.93. The van der Waals surface area contributed by atoms with Gasteiger partial charge < -0.3 is 0 Å². The van der Waals surface area contributed by atoms with Crippen LogP contribution in [0.5, 0.6) is 0 Å². The van der Waals surface area contributed by atoms with Crippen LogP contribution in [0.4, 0.5) is 5.69 Å². The van der Waals surface area contributed by atoms with Gasteiger partial charge in [0.2, 0.25) is 0 Å². The van der Waals surface area contributed by atoms with Crippen molar-refractivity contribution in [1.82, 2.24) is 4.90 Å². The third-order valence-electron chi connectivity index (χ3n) is 5.68. The maximum absolute atomic E-state index is 13.3. The van der Waals surface area contributed by atoms with Gasteiger partial charge in [0.05, 0.1) is 10.6 Å². The van der Waals surface area contributed by atoms with Crippen LogP contribution in [0.2, 0.25) is 0 Å². The highest BCUT2D eigenvalue weighted by atomic mass is 32.2. The minimum atomic E-state index is 0.0912. The molecule has 0 spiro atoms. The number of amides is 1. The highest BCUT2D eigenvalue weighted by molar-refractivity contribution is 8.18. The van der Waals surface area contributed by atoms with Crippen molar-refractivity contribution in [2.75, 3.05) is 0 Å². The van der Waals surface area contributed by atoms with Crippen LogP contribution in [0.15, 0.2) is 76.6 Å². The first-order chi connectivity index (χ1) is 14.7. The zero-order valence-electron chi connectivity index (χ0n) is 17.5. The van der Waals surface area contributed by atoms with E-state index in [2.05, 4.69) is 31.2 Å². The van der Waals surface area contributed by atoms with Gasteiger partial charge in [0.15, 0.2) is 5.17 Å². The molecule has 1 amide bonds. The maximum Gasteiger partial charge on any atom is 0.266 e. The average molecular weight is 417 g/mol. The first kappa shape index (κ1) is 20.7. The Morgan fingerprint density at radius 2 is 1.77 bits per heavy atom. The van der Waals surface area contributed by atoms with E-state index >= 15 is 0 Å². The third-order valence-corrected chi connectivity index (χ3v) is 6.68. The molecule has 1 aliphatic heterocycles. The number of rotatable bonds is 5. The average Bonchev–Trinajstić information content (AvgIpc) is 3.10. The molecule has 0 bridgehead atoms. The monoisotopic (exact) mass is 416 g/mol. The molecule has 0 unspecified atom stereocenters. The van der Waals surface area contributed by atoms with Crippen LogP contribution in [0.3, 0.4) is 0 Å². The molecule has 1 saturated carbocycles. The summed E-state index contributed by atoms with van der Waals surface area (Å²) in [6.45, 7) is 2.15. The zero-order valence-corrected chi connectivity index (χ0v) is 18.3. The molecular formula is C26H28N2OS. The van der Waals surface area contributed by atoms with Gasteiger partial charge in [-0.2, -0.15) is 0 Å². The number of amidine groups is 1. The van der Waals surface area contributed by atoms with Gasteiger partial charge in [-0.1, -0.05) is 80.8 Å². The molecule has 1 saturated heterocycles. The highest BCUT2D eigenvalue weighted by Crippen LogP contribution is 2.37. The van der Waals surface area contributed by atoms with Crippen molar-refractivity contribution in [3.63, 3.8) is 0 Å². The zero-order chi connectivity index (χ0) is 20.8. The van der Waals surface area contributed by atoms with E-state index in [-0.39, 0.29) is 11.9 Å². The normalized spacial score (nSPS) is 20.7. The Balaban J connectivity index is 1.60. The van der Waals surface area contributed by atoms with Crippen molar-refractivity contribution < 1.29 is 4.79 Å². The minimum Gasteiger partial charge on any atom is -0.283 e. The summed E-state index contributed by atoms with van der Waals surface area (Å²) in [5.74, 6) is 0.0912. The fraction of sp³-hybridized carbons (Fsp3) is 0.308. The first-order valence-corrected chi connectivity index (χ1v) is 11.7. The number of allylic oxidation sites excluding steroid dienone is 2. The summed E-state index contributed by atoms with van der Waals surface area (Å²) in [5, 5.41) is 0.815. The Bertz CT molecular complexity index is 954. The summed E-state index contributed by atoms with van der Waals surface area (Å²) in [7, 11) is 0. The Labute approximate surface area is 183 Å². The number of aliphatic imine (C=N–C) groups is 1. The summed E-state index contributed by atoms with van der Waals surface area (Å²) < 4.78 is 0. The molecule has 30 heavy (non-hydrogen) atoms. The molecule has 1 aliphatic carbocycles. The summed E-state index contributed by atoms with van der Waals surface area (Å²) >= 11 is 1.50. The fourth-order valence-electron chi connectivity index (χ4n) is 3.97. The van der Waals surface area contributed by atoms with E-state index in [0.717, 1.165) is 40.6 Å². The van der Waals surface area contributed by atoms with Crippen LogP contribution in [0.1, 0.15) is 50.2 Å². The quantitative estimate of drug-likeness (QED) is 0.506. The van der Waals surface area contributed by atoms with E-state index in [1.165, 1.54) is 36.6 Å². The SMILES string of the molecule is CCc1ccc(N=C2S/C(=C\C=C\c3ccccc3)C(=O)N2C2CCCCC2)cc1. The van der Waals surface area contributed by atoms with Gasteiger partial charge >= 0.3 is 0 Å². The summed E-state index contributed by atoms with van der Waals surface area (Å²) in [5.41, 5.74) is 3.33. The van der Waals surface area contributed by atoms with Crippen molar-refractivity contribution in [2.24, 2.45) is 4.99 Å². The maximum atomic E-state index is 13.3. The molecule has 2 fully saturated rings. The first-order valence-electron chi connectivity index (χ1n) is 10.9. The molecule has 0 radical (unpaired) electrons. The molecule has 0 atom stereocenters. The van der Waals surface area contributed by atoms with E-state index in [4.69, 9.17) is 4.99 Å². The van der Waals surface area contributed by atoms with Crippen LogP contribution < -0.4 is 0 Å². The molecule has 2 aromatic carbocycles. The number of aryl methyl sites for hydroxylation is 1. The van der Waals surface area contributed by atoms with Gasteiger partial charge in [-0.05, 0) is 60.4 Å². The van der Waals surface area contributed by atoms with Crippen molar-refractivity contribution >= 4 is 34.6 Å². The van der Waals surface area contributed by atoms with Crippen molar-refractivity contribution in [2.45, 2.75) is 51.5 Å². The van der Waals surface area contributed by atoms with E-state index < -0.39 is 0 Å². The molecule has 154 valence electrons. The van der Waals surface area contributed by atoms with Crippen molar-refractivity contribution in [3.05, 3.63) is 82.8 Å². The van der Waals surface area contributed by atoms with Gasteiger partial charge in [0.25, 0.3) is 5.91 Å². The molecule has 4 rings (SSSR count). The Hall–Kier alpha value is -2.59. The Morgan fingerprint density at radius 1 is 1.03 bits per heavy atom. The second-order valence-electron chi connectivity index (χ2n) is 7.78. The van der Waals surface area contributed by atoms with Gasteiger partial charge in [0, 0.05) is 6.04 Å². The molecule has 0 N–H and O–H groups in total. The van der Waals surface area contributed by atoms with Crippen LogP contribution in [-0.2, 0) is 11.2 Å². The van der Waals surface area contributed by atoms with Crippen LogP contribution in [0, 0.1) is 0 Å². The number of hydrogen-bond acceptors (Lipinski definition) is 3. The predicted octanol–water partition coefficient (Wildman–Crippen LogP) is 6.74. The number of hydrogen-bond donors (Lipinski definition) is 0. The van der Waals surface area contributed by atoms with E-state index in [9.17, 15) is 4.79 Å². The fourth-order valence-corrected chi connectivity index (χ4v) is 4.98. The standard InChI is InChI=1S/C26H28N2OS/c1-2-20-16-18-22(19-17-20)27-26-28(23-13-7-4-8-14-23)25(29)24(30-26)15-9-12-21-10-5-3-6-11-21/h3,5-6,9-12,15-19,23H,2,4,7-8,13-14H2,1H3/b12-9+,24-15-,27-26?. The lowest BCUT2D eigenvalue weighted by atomic mass is 9.94. The van der Waals surface area contributed by atoms with Crippen molar-refractivity contribution in [3.8, 4) is 0 Å². The summed E-state index contributed by atoms with van der Waals surface area (Å²) in [6, 6.07) is 18.7. The molecule has 2 aromatic rings. The molecule has 2 aliphatic rings. The second kappa shape index (κ2) is 9.94. The van der Waals surface area contributed by atoms with Crippen LogP contribution in [0.25, 0.3) is 6.08 Å². The van der Waals surface area contributed by atoms with Gasteiger partial charge in [-0.3, -0.25) is 9.69 Å². The summed E-state index contributed by atoms with van der Waals surface area (Å²) in [4.78, 5) is 20.9. The van der Waals surface area contributed by atoms with Gasteiger partial charge in [-0.15, -0.1) is 0 Å². The second-order valence-corrected chi connectivity index (χ2v) is 8.79. The topological polar surface area (TPSA) is 32.7 Å². The van der Waals surface area contributed by atoms with Gasteiger partial charge in [-0.25, -0.2) is 4.99 Å². The van der Waals surface area contributed by atoms with E-state index in [1.54, 1.807) is 0 Å². The smallest absolute Gasteiger partial charge is 0.266 e. The highest BCUT2D eigenvalue weighted by Gasteiger charge is 2.38. The van der Waals surface area contributed by atoms with Crippen LogP contribution >= 0.6 is 11.8 Å². The molecule has 3 nitrogen and oxygen atoms in total. The lowest BCUT2D eigenvalue weighted by molar-refractivity contribution is -0.124. The van der Waals surface area contributed by atoms with E-state index in [0.29, 0.717) is 0 Å². The van der Waals surface area contributed by atoms with Crippen molar-refractivity contribution in [1.29, 1.82) is 0 Å². The summed E-state index contributed by atoms with van der Waals surface area (Å²) in [6.07, 6.45) is 12.7. The number of benzene rings is 2. The van der Waals surface area contributed by atoms with Crippen LogP contribution in [-0.4, -0.2) is 22.0 Å². The minimum absolute atomic E-state index is 0.0912. The number of nitrogens with zero attached hydrogens (tertiary/aromatic N) is 2. The molecule has 1 heterocycles. The Morgan fingerprint density at radius 3 is 2.47 bits per heavy atom. The molecular weight excluding hydrogens is 388 g/mol. The molecule has 0 aromatic heterocycles. The lowest BCUT2D eigenvalue weighted by Crippen LogP contribution is -2.40.